The van der Waals surface area contributed by atoms with E-state index in [0.29, 0.717) is 36.1 Å². The first-order valence-electron chi connectivity index (χ1n) is 8.11. The van der Waals surface area contributed by atoms with Crippen molar-refractivity contribution in [3.63, 3.8) is 0 Å². The second-order valence-corrected chi connectivity index (χ2v) is 8.57. The molecule has 4 rings (SSSR count). The number of carbonyl (C=O) groups excluding carboxylic acids is 1. The van der Waals surface area contributed by atoms with Crippen LogP contribution in [0.5, 0.6) is 0 Å². The smallest absolute Gasteiger partial charge is 0.177 e. The number of nitriles is 1. The van der Waals surface area contributed by atoms with Crippen molar-refractivity contribution >= 4 is 15.6 Å². The highest BCUT2D eigenvalue weighted by Crippen LogP contribution is 2.47. The van der Waals surface area contributed by atoms with E-state index in [1.807, 2.05) is 0 Å². The summed E-state index contributed by atoms with van der Waals surface area (Å²) in [5.41, 5.74) is 2.16. The molecule has 0 radical (unpaired) electrons. The van der Waals surface area contributed by atoms with Crippen LogP contribution in [0.3, 0.4) is 0 Å². The molecule has 0 aromatic heterocycles. The Morgan fingerprint density at radius 1 is 1.20 bits per heavy atom. The van der Waals surface area contributed by atoms with Gasteiger partial charge < -0.3 is 5.32 Å². The van der Waals surface area contributed by atoms with E-state index >= 15 is 0 Å². The summed E-state index contributed by atoms with van der Waals surface area (Å²) < 4.78 is 38.9. The number of sulfone groups is 1. The van der Waals surface area contributed by atoms with Crippen LogP contribution < -0.4 is 5.32 Å². The van der Waals surface area contributed by atoms with Crippen molar-refractivity contribution in [2.75, 3.05) is 5.75 Å². The molecule has 2 heterocycles. The molecule has 1 aliphatic carbocycles. The highest BCUT2D eigenvalue weighted by molar-refractivity contribution is 7.95. The monoisotopic (exact) mass is 358 g/mol. The summed E-state index contributed by atoms with van der Waals surface area (Å²) in [6, 6.07) is 5.77. The van der Waals surface area contributed by atoms with Gasteiger partial charge in [0.15, 0.2) is 15.6 Å². The zero-order chi connectivity index (χ0) is 17.8. The predicted molar refractivity (Wildman–Crippen MR) is 88.3 cm³/mol. The highest BCUT2D eigenvalue weighted by atomic mass is 32.2. The molecule has 0 unspecified atom stereocenters. The maximum Gasteiger partial charge on any atom is 0.177 e. The molecule has 0 fully saturated rings. The van der Waals surface area contributed by atoms with E-state index in [0.717, 1.165) is 18.2 Å². The molecule has 2 aliphatic heterocycles. The van der Waals surface area contributed by atoms with Gasteiger partial charge in [0.25, 0.3) is 0 Å². The molecule has 7 heteroatoms. The van der Waals surface area contributed by atoms with Gasteiger partial charge in [-0.15, -0.1) is 0 Å². The predicted octanol–water partition coefficient (Wildman–Crippen LogP) is 2.42. The van der Waals surface area contributed by atoms with Crippen LogP contribution >= 0.6 is 0 Å². The molecule has 0 saturated heterocycles. The second-order valence-electron chi connectivity index (χ2n) is 6.49. The fourth-order valence-corrected chi connectivity index (χ4v) is 5.74. The number of hydrogen-bond donors (Lipinski definition) is 1. The molecule has 0 saturated carbocycles. The molecular weight excluding hydrogens is 343 g/mol. The van der Waals surface area contributed by atoms with Crippen molar-refractivity contribution in [1.29, 1.82) is 5.26 Å². The molecule has 1 N–H and O–H groups in total. The van der Waals surface area contributed by atoms with Crippen LogP contribution in [0, 0.1) is 17.1 Å². The fourth-order valence-electron chi connectivity index (χ4n) is 3.90. The lowest BCUT2D eigenvalue weighted by molar-refractivity contribution is -0.116. The number of ketones is 1. The first-order valence-corrected chi connectivity index (χ1v) is 9.76. The summed E-state index contributed by atoms with van der Waals surface area (Å²) in [7, 11) is -3.49. The maximum absolute atomic E-state index is 13.7. The SMILES string of the molecule is N#Cc1cc([C@H]2C3=C(CCCC3=O)NC3=C2S(=O)(=O)CC3)ccc1F. The molecule has 0 spiro atoms. The quantitative estimate of drug-likeness (QED) is 0.833. The first kappa shape index (κ1) is 16.0. The van der Waals surface area contributed by atoms with Crippen LogP contribution in [0.1, 0.15) is 42.7 Å². The minimum atomic E-state index is -3.49. The summed E-state index contributed by atoms with van der Waals surface area (Å²) in [5.74, 6) is -1.50. The van der Waals surface area contributed by atoms with Gasteiger partial charge in [-0.1, -0.05) is 6.07 Å². The van der Waals surface area contributed by atoms with E-state index in [-0.39, 0.29) is 22.0 Å². The van der Waals surface area contributed by atoms with Crippen LogP contribution in [0.2, 0.25) is 0 Å². The Balaban J connectivity index is 1.97. The van der Waals surface area contributed by atoms with E-state index in [2.05, 4.69) is 5.32 Å². The van der Waals surface area contributed by atoms with Gasteiger partial charge in [0.1, 0.15) is 11.9 Å². The van der Waals surface area contributed by atoms with Gasteiger partial charge in [-0.05, 0) is 30.5 Å². The lowest BCUT2D eigenvalue weighted by Crippen LogP contribution is -2.32. The largest absolute Gasteiger partial charge is 0.361 e. The van der Waals surface area contributed by atoms with Crippen LogP contribution in [0.4, 0.5) is 4.39 Å². The molecule has 3 aliphatic rings. The highest BCUT2D eigenvalue weighted by Gasteiger charge is 2.44. The Hall–Kier alpha value is -2.46. The number of hydrogen-bond acceptors (Lipinski definition) is 5. The molecule has 0 bridgehead atoms. The number of rotatable bonds is 1. The third-order valence-corrected chi connectivity index (χ3v) is 6.90. The molecule has 0 amide bonds. The second kappa shape index (κ2) is 5.53. The van der Waals surface area contributed by atoms with Crippen LogP contribution in [0.15, 0.2) is 40.1 Å². The lowest BCUT2D eigenvalue weighted by atomic mass is 9.79. The van der Waals surface area contributed by atoms with Crippen molar-refractivity contribution in [3.05, 3.63) is 57.0 Å². The third-order valence-electron chi connectivity index (χ3n) is 5.01. The fraction of sp³-hybridized carbons (Fsp3) is 0.333. The first-order chi connectivity index (χ1) is 11.9. The van der Waals surface area contributed by atoms with Crippen LogP contribution in [-0.4, -0.2) is 20.0 Å². The van der Waals surface area contributed by atoms with Crippen molar-refractivity contribution in [3.8, 4) is 6.07 Å². The van der Waals surface area contributed by atoms with Gasteiger partial charge in [-0.3, -0.25) is 4.79 Å². The number of benzene rings is 1. The van der Waals surface area contributed by atoms with Crippen LogP contribution in [-0.2, 0) is 14.6 Å². The molecule has 5 nitrogen and oxygen atoms in total. The number of Topliss-reactive ketones (excluding diaryl/α,β-unsaturated/α-hetero) is 1. The Morgan fingerprint density at radius 2 is 2.00 bits per heavy atom. The minimum Gasteiger partial charge on any atom is -0.361 e. The lowest BCUT2D eigenvalue weighted by Gasteiger charge is -2.33. The summed E-state index contributed by atoms with van der Waals surface area (Å²) in [6.45, 7) is 0. The number of dihydropyridines is 1. The topological polar surface area (TPSA) is 87.0 Å². The Bertz CT molecular complexity index is 1020. The van der Waals surface area contributed by atoms with Gasteiger partial charge in [-0.25, -0.2) is 12.8 Å². The third kappa shape index (κ3) is 2.40. The van der Waals surface area contributed by atoms with Crippen molar-refractivity contribution < 1.29 is 17.6 Å². The molecule has 25 heavy (non-hydrogen) atoms. The van der Waals surface area contributed by atoms with E-state index in [1.54, 1.807) is 6.07 Å². The molecule has 1 aromatic rings. The van der Waals surface area contributed by atoms with Gasteiger partial charge in [0.2, 0.25) is 0 Å². The number of nitrogens with zero attached hydrogens (tertiary/aromatic N) is 1. The van der Waals surface area contributed by atoms with Crippen LogP contribution in [0.25, 0.3) is 0 Å². The standard InChI is InChI=1S/C18H15FN2O3S/c19-12-5-4-10(8-11(12)9-20)16-17-13(2-1-3-15(17)22)21-14-6-7-25(23,24)18(14)16/h4-5,8,16,21H,1-3,6-7H2/t16-/m0/s1. The summed E-state index contributed by atoms with van der Waals surface area (Å²) in [4.78, 5) is 12.8. The molecule has 1 atom stereocenters. The van der Waals surface area contributed by atoms with Gasteiger partial charge in [0, 0.05) is 29.8 Å². The van der Waals surface area contributed by atoms with Crippen molar-refractivity contribution in [2.24, 2.45) is 0 Å². The molecule has 1 aromatic carbocycles. The van der Waals surface area contributed by atoms with Gasteiger partial charge >= 0.3 is 0 Å². The summed E-state index contributed by atoms with van der Waals surface area (Å²) >= 11 is 0. The van der Waals surface area contributed by atoms with E-state index in [9.17, 15) is 17.6 Å². The average molecular weight is 358 g/mol. The van der Waals surface area contributed by atoms with Gasteiger partial charge in [-0.2, -0.15) is 5.26 Å². The number of nitrogens with one attached hydrogen (secondary N) is 1. The van der Waals surface area contributed by atoms with Crippen molar-refractivity contribution in [2.45, 2.75) is 31.6 Å². The van der Waals surface area contributed by atoms with Crippen molar-refractivity contribution in [1.82, 2.24) is 5.32 Å². The molecule has 128 valence electrons. The number of allylic oxidation sites excluding steroid dienone is 4. The number of carbonyl (C=O) groups is 1. The zero-order valence-corrected chi connectivity index (χ0v) is 14.1. The van der Waals surface area contributed by atoms with E-state index in [1.165, 1.54) is 12.1 Å². The Labute approximate surface area is 144 Å². The summed E-state index contributed by atoms with van der Waals surface area (Å²) in [5, 5.41) is 12.3. The minimum absolute atomic E-state index is 0.00220. The van der Waals surface area contributed by atoms with E-state index in [4.69, 9.17) is 5.26 Å². The average Bonchev–Trinajstić information content (AvgIpc) is 2.89. The maximum atomic E-state index is 13.7. The Kier molecular flexibility index (Phi) is 3.55. The van der Waals surface area contributed by atoms with Gasteiger partial charge in [0.05, 0.1) is 22.1 Å². The number of halogens is 1. The molecular formula is C18H15FN2O3S. The zero-order valence-electron chi connectivity index (χ0n) is 13.3. The normalized spacial score (nSPS) is 24.5. The van der Waals surface area contributed by atoms with E-state index < -0.39 is 21.6 Å². The Morgan fingerprint density at radius 3 is 2.76 bits per heavy atom. The summed E-state index contributed by atoms with van der Waals surface area (Å²) in [6.07, 6.45) is 2.15.